The Hall–Kier alpha value is 0.713. The molecule has 0 aliphatic heterocycles. The normalized spacial score (nSPS) is 6.62. The molecule has 0 saturated heterocycles. The molecule has 0 radical (unpaired) electrons. The van der Waals surface area contributed by atoms with Gasteiger partial charge in [-0.2, -0.15) is 0 Å². The molecule has 0 heterocycles. The number of para-hydroxylation sites is 2. The van der Waals surface area contributed by atoms with E-state index in [1.165, 1.54) is 0 Å². The average Bonchev–Trinajstić information content (AvgIpc) is 2.61. The first-order chi connectivity index (χ1) is 11.5. The van der Waals surface area contributed by atoms with Crippen molar-refractivity contribution >= 4 is 0 Å². The number of phenols is 2. The van der Waals surface area contributed by atoms with E-state index >= 15 is 0 Å². The summed E-state index contributed by atoms with van der Waals surface area (Å²) in [4.78, 5) is 0. The van der Waals surface area contributed by atoms with Crippen LogP contribution in [0, 0.1) is 5.92 Å². The van der Waals surface area contributed by atoms with E-state index in [-0.39, 0.29) is 114 Å². The molecule has 0 saturated carbocycles. The molecule has 4 nitrogen and oxygen atoms in total. The van der Waals surface area contributed by atoms with E-state index < -0.39 is 0 Å². The average molecular weight is 1140 g/mol. The van der Waals surface area contributed by atoms with Gasteiger partial charge in [-0.3, -0.25) is 0 Å². The number of rotatable bonds is 3. The van der Waals surface area contributed by atoms with Crippen molar-refractivity contribution in [2.45, 2.75) is 63.3 Å². The molecule has 0 fully saturated rings. The van der Waals surface area contributed by atoms with Gasteiger partial charge in [-0.05, 0) is 42.0 Å². The van der Waals surface area contributed by atoms with Crippen molar-refractivity contribution in [1.82, 2.24) is 0 Å². The van der Waals surface area contributed by atoms with Crippen LogP contribution in [0.2, 0.25) is 0 Å². The Kier molecular flexibility index (Phi) is 90.2. The maximum absolute atomic E-state index is 9.36. The molecule has 0 amide bonds. The van der Waals surface area contributed by atoms with Gasteiger partial charge in [0, 0.05) is 98.5 Å². The molecule has 32 heavy (non-hydrogen) atoms. The van der Waals surface area contributed by atoms with Crippen LogP contribution >= 0.6 is 0 Å². The van der Waals surface area contributed by atoms with E-state index in [9.17, 15) is 5.11 Å². The molecule has 0 spiro atoms. The van der Waals surface area contributed by atoms with Crippen molar-refractivity contribution in [3.05, 3.63) is 59.7 Å². The zero-order valence-electron chi connectivity index (χ0n) is 17.0. The van der Waals surface area contributed by atoms with Crippen LogP contribution in [0.4, 0.5) is 0 Å². The molecule has 192 valence electrons. The Labute approximate surface area is 257 Å². The van der Waals surface area contributed by atoms with Crippen molar-refractivity contribution in [2.24, 2.45) is 5.92 Å². The van der Waals surface area contributed by atoms with Gasteiger partial charge in [0.1, 0.15) is 11.5 Å². The summed E-state index contributed by atoms with van der Waals surface area (Å²) in [6.45, 7) is 6.31. The zero-order chi connectivity index (χ0) is 19.0. The van der Waals surface area contributed by atoms with Crippen molar-refractivity contribution in [2.75, 3.05) is 14.2 Å². The third kappa shape index (κ3) is 32.9. The van der Waals surface area contributed by atoms with E-state index in [1.807, 2.05) is 43.3 Å². The van der Waals surface area contributed by atoms with Crippen LogP contribution in [0.1, 0.15) is 61.6 Å². The van der Waals surface area contributed by atoms with Gasteiger partial charge in [0.2, 0.25) is 0 Å². The van der Waals surface area contributed by atoms with Gasteiger partial charge >= 0.3 is 0 Å². The SMILES string of the molecule is C.C.C.C.CC(C)Cc1ccccc1O.CCc1ccccc1O.CO.CO.[W].[W].[W].[W]. The number of hydrogen-bond acceptors (Lipinski definition) is 4. The molecule has 2 aromatic carbocycles. The monoisotopic (exact) mass is 1140 g/mol. The molecule has 2 rings (SSSR count). The van der Waals surface area contributed by atoms with Gasteiger partial charge in [0.05, 0.1) is 0 Å². The van der Waals surface area contributed by atoms with E-state index in [0.29, 0.717) is 17.4 Å². The van der Waals surface area contributed by atoms with Gasteiger partial charge in [-0.25, -0.2) is 0 Å². The quantitative estimate of drug-likeness (QED) is 0.292. The van der Waals surface area contributed by atoms with Crippen molar-refractivity contribution in [3.63, 3.8) is 0 Å². The zero-order valence-corrected chi connectivity index (χ0v) is 28.8. The predicted octanol–water partition coefficient (Wildman–Crippen LogP) is 6.30. The van der Waals surface area contributed by atoms with Crippen LogP contribution < -0.4 is 0 Å². The van der Waals surface area contributed by atoms with E-state index in [2.05, 4.69) is 13.8 Å². The van der Waals surface area contributed by atoms with Crippen molar-refractivity contribution < 1.29 is 105 Å². The Balaban J connectivity index is -0.0000000270. The maximum Gasteiger partial charge on any atom is 0.118 e. The molecule has 0 aromatic heterocycles. The van der Waals surface area contributed by atoms with E-state index in [1.54, 1.807) is 12.1 Å². The fraction of sp³-hybridized carbons (Fsp3) is 0.500. The molecule has 0 aliphatic rings. The second kappa shape index (κ2) is 45.2. The molecule has 2 aromatic rings. The van der Waals surface area contributed by atoms with Crippen LogP contribution in [0.5, 0.6) is 11.5 Å². The first-order valence-corrected chi connectivity index (χ1v) is 7.97. The number of aryl methyl sites for hydroxylation is 1. The van der Waals surface area contributed by atoms with Crippen LogP contribution in [0.3, 0.4) is 0 Å². The van der Waals surface area contributed by atoms with Crippen molar-refractivity contribution in [3.8, 4) is 11.5 Å². The molecule has 4 N–H and O–H groups in total. The van der Waals surface area contributed by atoms with Gasteiger partial charge in [0.15, 0.2) is 0 Å². The fourth-order valence-electron chi connectivity index (χ4n) is 1.93. The maximum atomic E-state index is 9.36. The number of aliphatic hydroxyl groups excluding tert-OH is 2. The third-order valence-corrected chi connectivity index (χ3v) is 2.99. The number of aliphatic hydroxyl groups is 2. The first-order valence-electron chi connectivity index (χ1n) is 7.97. The topological polar surface area (TPSA) is 80.9 Å². The van der Waals surface area contributed by atoms with Gasteiger partial charge in [-0.15, -0.1) is 0 Å². The number of aromatic hydroxyl groups is 2. The molecular formula is C24H48O4W4. The molecule has 0 aliphatic carbocycles. The van der Waals surface area contributed by atoms with Gasteiger partial charge < -0.3 is 20.4 Å². The Morgan fingerprint density at radius 2 is 0.875 bits per heavy atom. The molecular weight excluding hydrogens is 1090 g/mol. The van der Waals surface area contributed by atoms with Crippen LogP contribution in [0.15, 0.2) is 48.5 Å². The number of hydrogen-bond donors (Lipinski definition) is 4. The van der Waals surface area contributed by atoms with Crippen LogP contribution in [0.25, 0.3) is 0 Å². The summed E-state index contributed by atoms with van der Waals surface area (Å²) in [5.74, 6) is 1.42. The fourth-order valence-corrected chi connectivity index (χ4v) is 1.93. The Bertz CT molecular complexity index is 543. The van der Waals surface area contributed by atoms with Crippen LogP contribution in [-0.4, -0.2) is 34.6 Å². The van der Waals surface area contributed by atoms with Crippen molar-refractivity contribution in [1.29, 1.82) is 0 Å². The third-order valence-electron chi connectivity index (χ3n) is 2.99. The predicted molar refractivity (Wildman–Crippen MR) is 127 cm³/mol. The second-order valence-electron chi connectivity index (χ2n) is 5.21. The summed E-state index contributed by atoms with van der Waals surface area (Å²) in [6.07, 6.45) is 1.85. The van der Waals surface area contributed by atoms with Gasteiger partial charge in [-0.1, -0.05) is 86.9 Å². The summed E-state index contributed by atoms with van der Waals surface area (Å²) in [6, 6.07) is 14.9. The minimum atomic E-state index is 0. The summed E-state index contributed by atoms with van der Waals surface area (Å²) < 4.78 is 0. The summed E-state index contributed by atoms with van der Waals surface area (Å²) in [5.41, 5.74) is 2.06. The van der Waals surface area contributed by atoms with E-state index in [0.717, 1.165) is 38.2 Å². The minimum absolute atomic E-state index is 0. The second-order valence-corrected chi connectivity index (χ2v) is 5.21. The molecule has 0 unspecified atom stereocenters. The Morgan fingerprint density at radius 3 is 1.09 bits per heavy atom. The summed E-state index contributed by atoms with van der Waals surface area (Å²) >= 11 is 0. The minimum Gasteiger partial charge on any atom is -0.508 e. The number of phenolic OH excluding ortho intramolecular Hbond substituents is 2. The van der Waals surface area contributed by atoms with Crippen LogP contribution in [-0.2, 0) is 97.1 Å². The molecule has 8 heteroatoms. The smallest absolute Gasteiger partial charge is 0.118 e. The number of benzene rings is 2. The molecule has 0 atom stereocenters. The van der Waals surface area contributed by atoms with Gasteiger partial charge in [0.25, 0.3) is 0 Å². The first kappa shape index (κ1) is 63.8. The standard InChI is InChI=1S/C10H14O.C8H10O.2CH4O.4CH4.4W/c1-8(2)7-9-5-3-4-6-10(9)11;1-2-7-5-3-4-6-8(7)9;2*1-2;;;;;;;;/h3-6,8,11H,7H2,1-2H3;3-6,9H,2H2,1H3;2*2H,1H3;4*1H4;;;;. The summed E-state index contributed by atoms with van der Waals surface area (Å²) in [7, 11) is 2.00. The Morgan fingerprint density at radius 1 is 0.594 bits per heavy atom. The molecule has 0 bridgehead atoms. The summed E-state index contributed by atoms with van der Waals surface area (Å²) in [5, 5.41) is 32.5. The largest absolute Gasteiger partial charge is 0.508 e. The van der Waals surface area contributed by atoms with E-state index in [4.69, 9.17) is 15.3 Å².